The Morgan fingerprint density at radius 3 is 2.44 bits per heavy atom. The highest BCUT2D eigenvalue weighted by Gasteiger charge is 2.21. The highest BCUT2D eigenvalue weighted by molar-refractivity contribution is 6.32. The van der Waals surface area contributed by atoms with Gasteiger partial charge in [0.1, 0.15) is 42.4 Å². The summed E-state index contributed by atoms with van der Waals surface area (Å²) in [6.45, 7) is 14.5. The van der Waals surface area contributed by atoms with E-state index < -0.39 is 0 Å². The summed E-state index contributed by atoms with van der Waals surface area (Å²) < 4.78 is 24.7. The molecule has 11 nitrogen and oxygen atoms in total. The van der Waals surface area contributed by atoms with Gasteiger partial charge in [0.15, 0.2) is 0 Å². The van der Waals surface area contributed by atoms with Crippen LogP contribution in [0.3, 0.4) is 0 Å². The molecule has 6 rings (SSSR count). The fraction of sp³-hybridized carbons (Fsp3) is 0.426. The minimum atomic E-state index is -0.207. The number of pyridine rings is 1. The lowest BCUT2D eigenvalue weighted by molar-refractivity contribution is 0.137. The molecule has 0 bridgehead atoms. The summed E-state index contributed by atoms with van der Waals surface area (Å²) in [5, 5.41) is 19.8. The Bertz CT molecular complexity index is 2180. The molecule has 2 N–H and O–H groups in total. The smallest absolute Gasteiger partial charge is 0.142 e. The van der Waals surface area contributed by atoms with Crippen molar-refractivity contribution in [3.8, 4) is 34.4 Å². The predicted octanol–water partition coefficient (Wildman–Crippen LogP) is 8.38. The Morgan fingerprint density at radius 2 is 1.71 bits per heavy atom. The maximum Gasteiger partial charge on any atom is 0.142 e. The molecule has 2 aromatic heterocycles. The van der Waals surface area contributed by atoms with E-state index in [2.05, 4.69) is 77.8 Å². The Labute approximate surface area is 353 Å². The van der Waals surface area contributed by atoms with Crippen LogP contribution in [0.1, 0.15) is 77.3 Å². The van der Waals surface area contributed by atoms with Gasteiger partial charge in [-0.15, -0.1) is 0 Å². The summed E-state index contributed by atoms with van der Waals surface area (Å²) in [5.41, 5.74) is 9.84. The standard InChI is InChI=1S/C47H57ClN6O5/c1-6-42-43(7-2)52-47(51-42)29-54(18-20-56-5)27-37-22-41(48)46(23-45(37)58-30-35-21-34(24-49)25-50-26-35)59-31-36-11-8-12-39(32(36)3)40-13-9-14-44(33(40)4)57-19-10-16-53-17-15-38(55)28-53/h8-9,11-14,21-23,25-26,38,55H,6-7,10,15-20,27-31H2,1-5H3,(H,51,52)/t38-/m1/s1. The van der Waals surface area contributed by atoms with Gasteiger partial charge in [-0.05, 0) is 85.5 Å². The molecular formula is C47H57ClN6O5. The normalized spacial score (nSPS) is 14.2. The van der Waals surface area contributed by atoms with E-state index in [1.807, 2.05) is 24.3 Å². The van der Waals surface area contributed by atoms with Crippen LogP contribution in [0.15, 0.2) is 67.0 Å². The van der Waals surface area contributed by atoms with Gasteiger partial charge in [-0.25, -0.2) is 4.98 Å². The first-order valence-corrected chi connectivity index (χ1v) is 21.0. The zero-order chi connectivity index (χ0) is 41.7. The fourth-order valence-electron chi connectivity index (χ4n) is 7.62. The van der Waals surface area contributed by atoms with E-state index in [-0.39, 0.29) is 12.7 Å². The number of halogens is 1. The molecule has 1 fully saturated rings. The van der Waals surface area contributed by atoms with Crippen molar-refractivity contribution in [2.45, 2.75) is 85.8 Å². The molecule has 5 aromatic rings. The maximum atomic E-state index is 9.84. The molecule has 3 aromatic carbocycles. The molecule has 1 saturated heterocycles. The number of aromatic nitrogens is 3. The molecular weight excluding hydrogens is 764 g/mol. The van der Waals surface area contributed by atoms with Gasteiger partial charge in [0, 0.05) is 75.1 Å². The van der Waals surface area contributed by atoms with Crippen molar-refractivity contribution in [1.82, 2.24) is 24.8 Å². The van der Waals surface area contributed by atoms with E-state index >= 15 is 0 Å². The molecule has 0 unspecified atom stereocenters. The number of nitriles is 1. The van der Waals surface area contributed by atoms with Gasteiger partial charge in [-0.1, -0.05) is 55.8 Å². The quantitative estimate of drug-likeness (QED) is 0.0697. The van der Waals surface area contributed by atoms with Gasteiger partial charge >= 0.3 is 0 Å². The number of rotatable bonds is 21. The molecule has 1 aliphatic rings. The zero-order valence-corrected chi connectivity index (χ0v) is 35.8. The average molecular weight is 821 g/mol. The molecule has 1 aliphatic heterocycles. The van der Waals surface area contributed by atoms with Crippen LogP contribution in [-0.2, 0) is 43.9 Å². The number of H-pyrrole nitrogens is 1. The first-order chi connectivity index (χ1) is 28.7. The summed E-state index contributed by atoms with van der Waals surface area (Å²) in [6.07, 6.45) is 6.54. The van der Waals surface area contributed by atoms with Crippen LogP contribution in [0.2, 0.25) is 5.02 Å². The molecule has 0 radical (unpaired) electrons. The zero-order valence-electron chi connectivity index (χ0n) is 35.0. The SMILES string of the molecule is CCc1nc(CN(CCOC)Cc2cc(Cl)c(OCc3cccc(-c4cccc(OCCCN5CC[C@@H](O)C5)c4C)c3C)cc2OCc2cncc(C#N)c2)[nH]c1CC. The lowest BCUT2D eigenvalue weighted by Gasteiger charge is -2.23. The number of aliphatic hydroxyl groups excluding tert-OH is 1. The van der Waals surface area contributed by atoms with E-state index in [1.54, 1.807) is 19.4 Å². The molecule has 312 valence electrons. The van der Waals surface area contributed by atoms with Crippen molar-refractivity contribution in [2.24, 2.45) is 0 Å². The van der Waals surface area contributed by atoms with Crippen molar-refractivity contribution in [2.75, 3.05) is 46.5 Å². The first-order valence-electron chi connectivity index (χ1n) is 20.6. The average Bonchev–Trinajstić information content (AvgIpc) is 3.86. The van der Waals surface area contributed by atoms with Gasteiger partial charge in [0.25, 0.3) is 0 Å². The van der Waals surface area contributed by atoms with Crippen LogP contribution in [-0.4, -0.2) is 82.5 Å². The number of aryl methyl sites for hydroxylation is 2. The highest BCUT2D eigenvalue weighted by Crippen LogP contribution is 2.37. The molecule has 3 heterocycles. The van der Waals surface area contributed by atoms with Crippen LogP contribution in [0.4, 0.5) is 0 Å². The largest absolute Gasteiger partial charge is 0.493 e. The first kappa shape index (κ1) is 43.6. The van der Waals surface area contributed by atoms with Crippen LogP contribution in [0, 0.1) is 25.2 Å². The minimum absolute atomic E-state index is 0.207. The summed E-state index contributed by atoms with van der Waals surface area (Å²) in [5.74, 6) is 2.91. The summed E-state index contributed by atoms with van der Waals surface area (Å²) in [7, 11) is 1.70. The fourth-order valence-corrected chi connectivity index (χ4v) is 7.86. The third kappa shape index (κ3) is 11.6. The van der Waals surface area contributed by atoms with Crippen LogP contribution in [0.25, 0.3) is 11.1 Å². The van der Waals surface area contributed by atoms with Crippen molar-refractivity contribution in [1.29, 1.82) is 5.26 Å². The third-order valence-corrected chi connectivity index (χ3v) is 11.2. The highest BCUT2D eigenvalue weighted by atomic mass is 35.5. The van der Waals surface area contributed by atoms with Crippen LogP contribution >= 0.6 is 11.6 Å². The maximum absolute atomic E-state index is 9.84. The van der Waals surface area contributed by atoms with E-state index in [1.165, 1.54) is 6.20 Å². The number of likely N-dealkylation sites (tertiary alicyclic amines) is 1. The topological polar surface area (TPSA) is 129 Å². The monoisotopic (exact) mass is 820 g/mol. The number of aliphatic hydroxyl groups is 1. The number of nitrogens with one attached hydrogen (secondary N) is 1. The second kappa shape index (κ2) is 21.3. The molecule has 0 spiro atoms. The number of methoxy groups -OCH3 is 1. The van der Waals surface area contributed by atoms with E-state index in [0.717, 1.165) is 107 Å². The van der Waals surface area contributed by atoms with Crippen molar-refractivity contribution >= 4 is 11.6 Å². The van der Waals surface area contributed by atoms with Crippen LogP contribution < -0.4 is 14.2 Å². The van der Waals surface area contributed by atoms with Gasteiger partial charge in [-0.3, -0.25) is 9.88 Å². The molecule has 59 heavy (non-hydrogen) atoms. The number of benzene rings is 3. The Hall–Kier alpha value is -4.96. The van der Waals surface area contributed by atoms with E-state index in [0.29, 0.717) is 61.5 Å². The summed E-state index contributed by atoms with van der Waals surface area (Å²) in [6, 6.07) is 20.2. The predicted molar refractivity (Wildman–Crippen MR) is 231 cm³/mol. The minimum Gasteiger partial charge on any atom is -0.493 e. The second-order valence-electron chi connectivity index (χ2n) is 15.1. The van der Waals surface area contributed by atoms with Crippen molar-refractivity contribution < 1.29 is 24.1 Å². The lowest BCUT2D eigenvalue weighted by Crippen LogP contribution is -2.27. The van der Waals surface area contributed by atoms with Gasteiger partial charge in [0.2, 0.25) is 0 Å². The lowest BCUT2D eigenvalue weighted by atomic mass is 9.93. The van der Waals surface area contributed by atoms with E-state index in [9.17, 15) is 10.4 Å². The van der Waals surface area contributed by atoms with E-state index in [4.69, 9.17) is 35.5 Å². The third-order valence-electron chi connectivity index (χ3n) is 10.9. The number of imidazole rings is 1. The summed E-state index contributed by atoms with van der Waals surface area (Å²) >= 11 is 7.02. The number of ether oxygens (including phenoxy) is 4. The Morgan fingerprint density at radius 1 is 0.915 bits per heavy atom. The van der Waals surface area contributed by atoms with Gasteiger partial charge in [-0.2, -0.15) is 5.26 Å². The van der Waals surface area contributed by atoms with Crippen molar-refractivity contribution in [3.05, 3.63) is 123 Å². The second-order valence-corrected chi connectivity index (χ2v) is 15.6. The molecule has 0 aliphatic carbocycles. The Balaban J connectivity index is 1.21. The van der Waals surface area contributed by atoms with Crippen molar-refractivity contribution in [3.63, 3.8) is 0 Å². The molecule has 12 heteroatoms. The summed E-state index contributed by atoms with van der Waals surface area (Å²) in [4.78, 5) is 17.2. The number of β-amino-alcohol motifs (C(OH)–C–C–N with tert-alkyl or cyclic N) is 1. The van der Waals surface area contributed by atoms with Crippen LogP contribution in [0.5, 0.6) is 17.2 Å². The number of hydrogen-bond donors (Lipinski definition) is 2. The van der Waals surface area contributed by atoms with Gasteiger partial charge in [0.05, 0.1) is 42.1 Å². The number of aromatic amines is 1. The van der Waals surface area contributed by atoms with Gasteiger partial charge < -0.3 is 33.9 Å². The number of nitrogens with zero attached hydrogens (tertiary/aromatic N) is 5. The molecule has 0 amide bonds. The molecule has 1 atom stereocenters. The number of hydrogen-bond acceptors (Lipinski definition) is 10. The Kier molecular flexibility index (Phi) is 15.8. The molecule has 0 saturated carbocycles.